The minimum Gasteiger partial charge on any atom is -0.420 e. The Labute approximate surface area is 131 Å². The minimum absolute atomic E-state index is 0.0275. The molecule has 1 aliphatic heterocycles. The van der Waals surface area contributed by atoms with Gasteiger partial charge in [0.15, 0.2) is 0 Å². The van der Waals surface area contributed by atoms with Gasteiger partial charge in [0.2, 0.25) is 11.8 Å². The molecule has 1 aliphatic rings. The zero-order chi connectivity index (χ0) is 16.6. The molecule has 23 heavy (non-hydrogen) atoms. The van der Waals surface area contributed by atoms with Gasteiger partial charge in [-0.2, -0.15) is 5.26 Å². The number of allylic oxidation sites excluding steroid dienone is 1. The van der Waals surface area contributed by atoms with Crippen molar-refractivity contribution >= 4 is 0 Å². The summed E-state index contributed by atoms with van der Waals surface area (Å²) in [6, 6.07) is 5.49. The second-order valence-electron chi connectivity index (χ2n) is 5.23. The molecular formula is C16H14F2N4O. The second kappa shape index (κ2) is 5.72. The Bertz CT molecular complexity index is 815. The van der Waals surface area contributed by atoms with Crippen molar-refractivity contribution in [2.24, 2.45) is 5.73 Å². The summed E-state index contributed by atoms with van der Waals surface area (Å²) in [5.74, 6) is -2.51. The average Bonchev–Trinajstić information content (AvgIpc) is 2.90. The van der Waals surface area contributed by atoms with Gasteiger partial charge in [0.05, 0.1) is 11.5 Å². The molecular weight excluding hydrogens is 302 g/mol. The molecule has 0 fully saturated rings. The largest absolute Gasteiger partial charge is 0.420 e. The maximum absolute atomic E-state index is 14.3. The normalized spacial score (nSPS) is 16.7. The van der Waals surface area contributed by atoms with Crippen molar-refractivity contribution in [3.05, 3.63) is 58.1 Å². The molecule has 2 aromatic rings. The van der Waals surface area contributed by atoms with E-state index >= 15 is 0 Å². The number of aryl methyl sites for hydroxylation is 1. The van der Waals surface area contributed by atoms with Gasteiger partial charge in [-0.3, -0.25) is 5.10 Å². The number of H-pyrrole nitrogens is 1. The van der Waals surface area contributed by atoms with Gasteiger partial charge in [0, 0.05) is 11.3 Å². The predicted molar refractivity (Wildman–Crippen MR) is 78.2 cm³/mol. The minimum atomic E-state index is -0.981. The van der Waals surface area contributed by atoms with E-state index < -0.39 is 17.6 Å². The fraction of sp³-hybridized carbons (Fsp3) is 0.250. The van der Waals surface area contributed by atoms with E-state index in [1.807, 2.05) is 13.0 Å². The van der Waals surface area contributed by atoms with E-state index in [0.29, 0.717) is 17.7 Å². The Morgan fingerprint density at radius 3 is 2.65 bits per heavy atom. The summed E-state index contributed by atoms with van der Waals surface area (Å²) in [5.41, 5.74) is 6.63. The quantitative estimate of drug-likeness (QED) is 0.911. The van der Waals surface area contributed by atoms with Crippen LogP contribution in [0.25, 0.3) is 0 Å². The molecule has 2 heterocycles. The highest BCUT2D eigenvalue weighted by atomic mass is 19.1. The van der Waals surface area contributed by atoms with Crippen molar-refractivity contribution in [1.82, 2.24) is 10.2 Å². The smallest absolute Gasteiger partial charge is 0.244 e. The molecule has 1 atom stereocenters. The number of nitrogens with one attached hydrogen (secondary N) is 1. The monoisotopic (exact) mass is 316 g/mol. The van der Waals surface area contributed by atoms with Crippen molar-refractivity contribution in [3.63, 3.8) is 0 Å². The van der Waals surface area contributed by atoms with Crippen LogP contribution in [0.5, 0.6) is 5.88 Å². The lowest BCUT2D eigenvalue weighted by Crippen LogP contribution is -2.22. The number of halogens is 2. The summed E-state index contributed by atoms with van der Waals surface area (Å²) in [7, 11) is 0. The second-order valence-corrected chi connectivity index (χ2v) is 5.23. The third-order valence-electron chi connectivity index (χ3n) is 3.81. The van der Waals surface area contributed by atoms with Crippen LogP contribution in [0.2, 0.25) is 0 Å². The summed E-state index contributed by atoms with van der Waals surface area (Å²) in [6.45, 7) is 1.96. The van der Waals surface area contributed by atoms with Crippen LogP contribution in [-0.4, -0.2) is 10.2 Å². The van der Waals surface area contributed by atoms with Crippen molar-refractivity contribution in [1.29, 1.82) is 5.26 Å². The molecule has 0 saturated carbocycles. The SMILES string of the molecule is CCCc1[nH]nc2c1[C@@H](c1c(F)cccc1F)C(C#N)=C(N)O2. The third kappa shape index (κ3) is 2.32. The van der Waals surface area contributed by atoms with Crippen molar-refractivity contribution in [2.45, 2.75) is 25.7 Å². The van der Waals surface area contributed by atoms with Gasteiger partial charge in [-0.15, -0.1) is 5.10 Å². The predicted octanol–water partition coefficient (Wildman–Crippen LogP) is 2.86. The van der Waals surface area contributed by atoms with E-state index in [4.69, 9.17) is 10.5 Å². The first kappa shape index (κ1) is 15.0. The maximum Gasteiger partial charge on any atom is 0.244 e. The molecule has 3 N–H and O–H groups in total. The van der Waals surface area contributed by atoms with Gasteiger partial charge in [-0.25, -0.2) is 8.78 Å². The number of hydrogen-bond acceptors (Lipinski definition) is 4. The topological polar surface area (TPSA) is 87.7 Å². The molecule has 0 bridgehead atoms. The number of ether oxygens (including phenoxy) is 1. The number of fused-ring (bicyclic) bond motifs is 1. The van der Waals surface area contributed by atoms with Crippen LogP contribution >= 0.6 is 0 Å². The molecule has 0 aliphatic carbocycles. The lowest BCUT2D eigenvalue weighted by atomic mass is 9.83. The molecule has 7 heteroatoms. The number of aromatic nitrogens is 2. The number of benzene rings is 1. The van der Waals surface area contributed by atoms with E-state index in [2.05, 4.69) is 10.2 Å². The van der Waals surface area contributed by atoms with Crippen molar-refractivity contribution in [3.8, 4) is 11.9 Å². The van der Waals surface area contributed by atoms with Gasteiger partial charge in [0.1, 0.15) is 23.3 Å². The molecule has 0 saturated heterocycles. The van der Waals surface area contributed by atoms with Crippen molar-refractivity contribution in [2.75, 3.05) is 0 Å². The van der Waals surface area contributed by atoms with Gasteiger partial charge >= 0.3 is 0 Å². The maximum atomic E-state index is 14.3. The fourth-order valence-corrected chi connectivity index (χ4v) is 2.82. The lowest BCUT2D eigenvalue weighted by Gasteiger charge is -2.24. The molecule has 3 rings (SSSR count). The Hall–Kier alpha value is -2.88. The molecule has 1 aromatic carbocycles. The van der Waals surface area contributed by atoms with E-state index in [9.17, 15) is 14.0 Å². The van der Waals surface area contributed by atoms with E-state index in [1.165, 1.54) is 6.07 Å². The third-order valence-corrected chi connectivity index (χ3v) is 3.81. The van der Waals surface area contributed by atoms with Crippen LogP contribution in [0.1, 0.15) is 36.1 Å². The van der Waals surface area contributed by atoms with Gasteiger partial charge < -0.3 is 10.5 Å². The lowest BCUT2D eigenvalue weighted by molar-refractivity contribution is 0.376. The molecule has 0 spiro atoms. The first-order chi connectivity index (χ1) is 11.1. The van der Waals surface area contributed by atoms with Crippen LogP contribution in [0.3, 0.4) is 0 Å². The Morgan fingerprint density at radius 1 is 1.35 bits per heavy atom. The van der Waals surface area contributed by atoms with Crippen LogP contribution in [0.15, 0.2) is 29.7 Å². The van der Waals surface area contributed by atoms with E-state index in [1.54, 1.807) is 0 Å². The number of rotatable bonds is 3. The molecule has 1 aromatic heterocycles. The van der Waals surface area contributed by atoms with Crippen LogP contribution < -0.4 is 10.5 Å². The zero-order valence-corrected chi connectivity index (χ0v) is 12.4. The summed E-state index contributed by atoms with van der Waals surface area (Å²) < 4.78 is 34.0. The van der Waals surface area contributed by atoms with E-state index in [0.717, 1.165) is 18.6 Å². The van der Waals surface area contributed by atoms with Gasteiger partial charge in [-0.1, -0.05) is 19.4 Å². The first-order valence-corrected chi connectivity index (χ1v) is 7.17. The number of nitrogens with two attached hydrogens (primary N) is 1. The first-order valence-electron chi connectivity index (χ1n) is 7.17. The molecule has 0 amide bonds. The van der Waals surface area contributed by atoms with Crippen LogP contribution in [-0.2, 0) is 6.42 Å². The number of nitriles is 1. The molecule has 0 radical (unpaired) electrons. The Balaban J connectivity index is 2.29. The summed E-state index contributed by atoms with van der Waals surface area (Å²) >= 11 is 0. The fourth-order valence-electron chi connectivity index (χ4n) is 2.82. The Morgan fingerprint density at radius 2 is 2.04 bits per heavy atom. The summed E-state index contributed by atoms with van der Waals surface area (Å²) in [4.78, 5) is 0. The summed E-state index contributed by atoms with van der Waals surface area (Å²) in [6.07, 6.45) is 1.40. The van der Waals surface area contributed by atoms with Crippen LogP contribution in [0, 0.1) is 23.0 Å². The zero-order valence-electron chi connectivity index (χ0n) is 12.4. The summed E-state index contributed by atoms with van der Waals surface area (Å²) in [5, 5.41) is 16.2. The van der Waals surface area contributed by atoms with Gasteiger partial charge in [-0.05, 0) is 18.6 Å². The van der Waals surface area contributed by atoms with Gasteiger partial charge in [0.25, 0.3) is 0 Å². The molecule has 5 nitrogen and oxygen atoms in total. The number of hydrogen-bond donors (Lipinski definition) is 2. The van der Waals surface area contributed by atoms with E-state index in [-0.39, 0.29) is 22.9 Å². The molecule has 0 unspecified atom stereocenters. The number of aromatic amines is 1. The van der Waals surface area contributed by atoms with Crippen molar-refractivity contribution < 1.29 is 13.5 Å². The highest BCUT2D eigenvalue weighted by molar-refractivity contribution is 5.55. The standard InChI is InChI=1S/C16H14F2N4O/c1-2-4-11-14-12(13-9(17)5-3-6-10(13)18)8(7-19)15(20)23-16(14)22-21-11/h3,5-6,12H,2,4,20H2,1H3,(H,21,22)/t12-/m1/s1. The Kier molecular flexibility index (Phi) is 3.74. The number of nitrogens with zero attached hydrogens (tertiary/aromatic N) is 2. The molecule has 118 valence electrons. The highest BCUT2D eigenvalue weighted by Crippen LogP contribution is 2.44. The average molecular weight is 316 g/mol. The van der Waals surface area contributed by atoms with Crippen LogP contribution in [0.4, 0.5) is 8.78 Å². The highest BCUT2D eigenvalue weighted by Gasteiger charge is 2.37.